The molecule has 112 valence electrons. The van der Waals surface area contributed by atoms with Crippen molar-refractivity contribution in [3.8, 4) is 5.75 Å². The topological polar surface area (TPSA) is 71.1 Å². The number of rotatable bonds is 7. The second-order valence-corrected chi connectivity index (χ2v) is 5.22. The van der Waals surface area contributed by atoms with Gasteiger partial charge in [-0.25, -0.2) is 0 Å². The second kappa shape index (κ2) is 7.75. The molecule has 1 rings (SSSR count). The minimum atomic E-state index is 0.110. The minimum absolute atomic E-state index is 0.110. The molecule has 0 spiro atoms. The number of methoxy groups -OCH3 is 1. The molecule has 3 N–H and O–H groups in total. The van der Waals surface area contributed by atoms with Crippen molar-refractivity contribution in [2.45, 2.75) is 26.8 Å². The average Bonchev–Trinajstić information content (AvgIpc) is 2.45. The van der Waals surface area contributed by atoms with Crippen molar-refractivity contribution >= 4 is 5.84 Å². The summed E-state index contributed by atoms with van der Waals surface area (Å²) in [5.74, 6) is 1.58. The van der Waals surface area contributed by atoms with E-state index in [4.69, 9.17) is 15.7 Å². The van der Waals surface area contributed by atoms with Gasteiger partial charge in [0.05, 0.1) is 7.11 Å². The Morgan fingerprint density at radius 2 is 2.20 bits per heavy atom. The van der Waals surface area contributed by atoms with Crippen molar-refractivity contribution in [3.63, 3.8) is 0 Å². The van der Waals surface area contributed by atoms with Crippen LogP contribution in [0.15, 0.2) is 23.4 Å². The normalized spacial score (nSPS) is 13.6. The van der Waals surface area contributed by atoms with Crippen LogP contribution in [0, 0.1) is 5.92 Å². The summed E-state index contributed by atoms with van der Waals surface area (Å²) in [6.07, 6.45) is 1.16. The fraction of sp³-hybridized carbons (Fsp3) is 0.533. The van der Waals surface area contributed by atoms with Crippen molar-refractivity contribution in [2.24, 2.45) is 16.8 Å². The Balaban J connectivity index is 2.91. The van der Waals surface area contributed by atoms with Crippen LogP contribution < -0.4 is 10.5 Å². The van der Waals surface area contributed by atoms with Crippen molar-refractivity contribution in [3.05, 3.63) is 29.3 Å². The van der Waals surface area contributed by atoms with Gasteiger partial charge in [-0.15, -0.1) is 0 Å². The highest BCUT2D eigenvalue weighted by Gasteiger charge is 2.11. The molecule has 1 unspecified atom stereocenters. The van der Waals surface area contributed by atoms with E-state index in [1.807, 2.05) is 12.1 Å². The van der Waals surface area contributed by atoms with Crippen LogP contribution in [-0.2, 0) is 6.54 Å². The second-order valence-electron chi connectivity index (χ2n) is 5.22. The molecule has 0 heterocycles. The lowest BCUT2D eigenvalue weighted by molar-refractivity contribution is 0.270. The maximum Gasteiger partial charge on any atom is 0.170 e. The van der Waals surface area contributed by atoms with Gasteiger partial charge in [-0.05, 0) is 31.2 Å². The molecule has 5 heteroatoms. The summed E-state index contributed by atoms with van der Waals surface area (Å²) in [4.78, 5) is 2.25. The predicted molar refractivity (Wildman–Crippen MR) is 81.3 cm³/mol. The number of hydrogen-bond acceptors (Lipinski definition) is 4. The lowest BCUT2D eigenvalue weighted by atomic mass is 10.1. The van der Waals surface area contributed by atoms with E-state index in [9.17, 15) is 0 Å². The molecule has 0 saturated heterocycles. The van der Waals surface area contributed by atoms with Gasteiger partial charge in [0.1, 0.15) is 5.75 Å². The molecular formula is C15H25N3O2. The third-order valence-electron chi connectivity index (χ3n) is 3.44. The third-order valence-corrected chi connectivity index (χ3v) is 3.44. The predicted octanol–water partition coefficient (Wildman–Crippen LogP) is 2.27. The largest absolute Gasteiger partial charge is 0.496 e. The molecule has 0 saturated carbocycles. The van der Waals surface area contributed by atoms with Gasteiger partial charge >= 0.3 is 0 Å². The summed E-state index contributed by atoms with van der Waals surface area (Å²) < 4.78 is 5.38. The first-order valence-electron chi connectivity index (χ1n) is 6.85. The molecule has 0 radical (unpaired) electrons. The lowest BCUT2D eigenvalue weighted by Gasteiger charge is -2.22. The molecule has 0 aliphatic rings. The van der Waals surface area contributed by atoms with E-state index in [1.165, 1.54) is 0 Å². The molecule has 0 aliphatic carbocycles. The molecule has 0 aliphatic heterocycles. The average molecular weight is 279 g/mol. The molecule has 0 bridgehead atoms. The van der Waals surface area contributed by atoms with Crippen LogP contribution in [0.5, 0.6) is 5.75 Å². The zero-order chi connectivity index (χ0) is 15.1. The van der Waals surface area contributed by atoms with Crippen molar-refractivity contribution in [1.82, 2.24) is 4.90 Å². The summed E-state index contributed by atoms with van der Waals surface area (Å²) in [6.45, 7) is 6.21. The van der Waals surface area contributed by atoms with E-state index in [0.717, 1.165) is 30.8 Å². The number of nitrogens with two attached hydrogens (primary N) is 1. The molecular weight excluding hydrogens is 254 g/mol. The Morgan fingerprint density at radius 1 is 1.50 bits per heavy atom. The van der Waals surface area contributed by atoms with Gasteiger partial charge in [-0.1, -0.05) is 25.4 Å². The lowest BCUT2D eigenvalue weighted by Crippen LogP contribution is -2.24. The summed E-state index contributed by atoms with van der Waals surface area (Å²) in [5, 5.41) is 11.8. The SMILES string of the molecule is CCC(C)CN(C)Cc1cc(/C(N)=N/O)ccc1OC. The van der Waals surface area contributed by atoms with Crippen LogP contribution in [-0.4, -0.2) is 36.6 Å². The third kappa shape index (κ3) is 4.42. The van der Waals surface area contributed by atoms with E-state index in [0.29, 0.717) is 11.5 Å². The Labute approximate surface area is 121 Å². The maximum absolute atomic E-state index is 8.76. The van der Waals surface area contributed by atoms with E-state index < -0.39 is 0 Å². The molecule has 5 nitrogen and oxygen atoms in total. The summed E-state index contributed by atoms with van der Waals surface area (Å²) in [5.41, 5.74) is 7.36. The quantitative estimate of drug-likeness (QED) is 0.347. The van der Waals surface area contributed by atoms with Crippen LogP contribution in [0.2, 0.25) is 0 Å². The van der Waals surface area contributed by atoms with Crippen LogP contribution in [0.25, 0.3) is 0 Å². The molecule has 1 atom stereocenters. The molecule has 1 aromatic carbocycles. The number of hydrogen-bond donors (Lipinski definition) is 2. The van der Waals surface area contributed by atoms with Crippen LogP contribution >= 0.6 is 0 Å². The van der Waals surface area contributed by atoms with Crippen LogP contribution in [0.4, 0.5) is 0 Å². The van der Waals surface area contributed by atoms with Gasteiger partial charge in [0, 0.05) is 24.2 Å². The van der Waals surface area contributed by atoms with Gasteiger partial charge in [0.15, 0.2) is 5.84 Å². The smallest absolute Gasteiger partial charge is 0.170 e. The molecule has 1 aromatic rings. The summed E-state index contributed by atoms with van der Waals surface area (Å²) in [6, 6.07) is 5.53. The Bertz CT molecular complexity index is 460. The summed E-state index contributed by atoms with van der Waals surface area (Å²) in [7, 11) is 3.73. The van der Waals surface area contributed by atoms with Gasteiger partial charge < -0.3 is 20.6 Å². The van der Waals surface area contributed by atoms with Gasteiger partial charge in [0.25, 0.3) is 0 Å². The molecule has 0 aromatic heterocycles. The maximum atomic E-state index is 8.76. The van der Waals surface area contributed by atoms with Crippen molar-refractivity contribution in [1.29, 1.82) is 0 Å². The number of benzene rings is 1. The first kappa shape index (κ1) is 16.3. The minimum Gasteiger partial charge on any atom is -0.496 e. The van der Waals surface area contributed by atoms with Gasteiger partial charge in [-0.2, -0.15) is 0 Å². The van der Waals surface area contributed by atoms with Crippen LogP contribution in [0.1, 0.15) is 31.4 Å². The van der Waals surface area contributed by atoms with Gasteiger partial charge in [0.2, 0.25) is 0 Å². The zero-order valence-electron chi connectivity index (χ0n) is 12.8. The van der Waals surface area contributed by atoms with E-state index >= 15 is 0 Å². The molecule has 0 amide bonds. The van der Waals surface area contributed by atoms with E-state index in [1.54, 1.807) is 13.2 Å². The Hall–Kier alpha value is -1.75. The highest BCUT2D eigenvalue weighted by atomic mass is 16.5. The number of nitrogens with zero attached hydrogens (tertiary/aromatic N) is 2. The zero-order valence-corrected chi connectivity index (χ0v) is 12.8. The fourth-order valence-corrected chi connectivity index (χ4v) is 2.14. The first-order chi connectivity index (χ1) is 9.51. The molecule has 20 heavy (non-hydrogen) atoms. The summed E-state index contributed by atoms with van der Waals surface area (Å²) >= 11 is 0. The number of ether oxygens (including phenoxy) is 1. The highest BCUT2D eigenvalue weighted by Crippen LogP contribution is 2.21. The van der Waals surface area contributed by atoms with Crippen LogP contribution in [0.3, 0.4) is 0 Å². The Kier molecular flexibility index (Phi) is 6.31. The van der Waals surface area contributed by atoms with E-state index in [2.05, 4.69) is 31.0 Å². The van der Waals surface area contributed by atoms with Crippen molar-refractivity contribution in [2.75, 3.05) is 20.7 Å². The first-order valence-corrected chi connectivity index (χ1v) is 6.85. The Morgan fingerprint density at radius 3 is 2.75 bits per heavy atom. The molecule has 0 fully saturated rings. The van der Waals surface area contributed by atoms with Crippen molar-refractivity contribution < 1.29 is 9.94 Å². The fourth-order valence-electron chi connectivity index (χ4n) is 2.14. The van der Waals surface area contributed by atoms with Gasteiger partial charge in [-0.3, -0.25) is 0 Å². The standard InChI is InChI=1S/C15H25N3O2/c1-5-11(2)9-18(3)10-13-8-12(15(16)17-19)6-7-14(13)20-4/h6-8,11,19H,5,9-10H2,1-4H3,(H2,16,17). The van der Waals surface area contributed by atoms with E-state index in [-0.39, 0.29) is 5.84 Å². The highest BCUT2D eigenvalue weighted by molar-refractivity contribution is 5.97. The number of oxime groups is 1. The monoisotopic (exact) mass is 279 g/mol. The number of amidine groups is 1.